The van der Waals surface area contributed by atoms with Crippen molar-refractivity contribution in [3.8, 4) is 0 Å². The van der Waals surface area contributed by atoms with Crippen molar-refractivity contribution in [1.29, 1.82) is 0 Å². The molecule has 0 amide bonds. The maximum absolute atomic E-state index is 2.78. The fraction of sp³-hybridized carbons (Fsp3) is 0.933. The summed E-state index contributed by atoms with van der Waals surface area (Å²) in [6.45, 7) is 9.97. The van der Waals surface area contributed by atoms with E-state index in [0.29, 0.717) is 16.2 Å². The first-order valence-corrected chi connectivity index (χ1v) is 6.76. The molecule has 0 aromatic carbocycles. The molecule has 3 aliphatic rings. The molecule has 1 unspecified atom stereocenters. The van der Waals surface area contributed by atoms with Crippen LogP contribution in [0.2, 0.25) is 0 Å². The predicted octanol–water partition coefficient (Wildman–Crippen LogP) is 4.45. The number of hydrogen-bond acceptors (Lipinski definition) is 0. The molecule has 0 aromatic rings. The van der Waals surface area contributed by atoms with Gasteiger partial charge in [-0.25, -0.2) is 0 Å². The standard InChI is InChI=1S/C15H25/c1-11-5-8-15-10-13(2,3)9-14(15,4)7-6-12(11)15/h10-12H,5-9H2,1-4H3/q+1/t11-,12+,14+,15?/m1/s1. The quantitative estimate of drug-likeness (QED) is 0.512. The van der Waals surface area contributed by atoms with Crippen LogP contribution in [0, 0.1) is 34.5 Å². The van der Waals surface area contributed by atoms with E-state index < -0.39 is 0 Å². The van der Waals surface area contributed by atoms with Gasteiger partial charge in [-0.05, 0) is 45.4 Å². The molecular weight excluding hydrogens is 180 g/mol. The zero-order chi connectivity index (χ0) is 10.9. The predicted molar refractivity (Wildman–Crippen MR) is 64.4 cm³/mol. The Morgan fingerprint density at radius 1 is 1.07 bits per heavy atom. The molecule has 0 aliphatic heterocycles. The smallest absolute Gasteiger partial charge is 0.0621 e. The average molecular weight is 205 g/mol. The van der Waals surface area contributed by atoms with E-state index >= 15 is 0 Å². The highest BCUT2D eigenvalue weighted by molar-refractivity contribution is 5.24. The first-order valence-electron chi connectivity index (χ1n) is 6.76. The van der Waals surface area contributed by atoms with Gasteiger partial charge in [0.2, 0.25) is 0 Å². The number of hydrogen-bond donors (Lipinski definition) is 0. The molecule has 3 saturated carbocycles. The summed E-state index contributed by atoms with van der Waals surface area (Å²) in [5.74, 6) is 2.00. The Morgan fingerprint density at radius 3 is 2.53 bits per heavy atom. The molecule has 0 radical (unpaired) electrons. The summed E-state index contributed by atoms with van der Waals surface area (Å²) < 4.78 is 0. The summed E-state index contributed by atoms with van der Waals surface area (Å²) in [5.41, 5.74) is 1.78. The molecule has 0 nitrogen and oxygen atoms in total. The Kier molecular flexibility index (Phi) is 1.73. The van der Waals surface area contributed by atoms with E-state index in [4.69, 9.17) is 0 Å². The Balaban J connectivity index is 2.03. The molecule has 0 heterocycles. The second kappa shape index (κ2) is 2.57. The van der Waals surface area contributed by atoms with Crippen LogP contribution in [-0.4, -0.2) is 0 Å². The van der Waals surface area contributed by atoms with E-state index in [1.165, 1.54) is 32.1 Å². The first-order chi connectivity index (χ1) is 6.89. The van der Waals surface area contributed by atoms with E-state index in [1.807, 2.05) is 0 Å². The summed E-state index contributed by atoms with van der Waals surface area (Å²) in [6, 6.07) is 0. The molecule has 1 spiro atoms. The Bertz CT molecular complexity index is 290. The lowest BCUT2D eigenvalue weighted by Gasteiger charge is -2.31. The van der Waals surface area contributed by atoms with Crippen LogP contribution in [0.3, 0.4) is 0 Å². The lowest BCUT2D eigenvalue weighted by molar-refractivity contribution is 0.131. The van der Waals surface area contributed by atoms with E-state index in [-0.39, 0.29) is 0 Å². The monoisotopic (exact) mass is 205 g/mol. The topological polar surface area (TPSA) is 0 Å². The van der Waals surface area contributed by atoms with Gasteiger partial charge in [0.05, 0.1) is 6.42 Å². The fourth-order valence-electron chi connectivity index (χ4n) is 5.72. The minimum Gasteiger partial charge on any atom is -0.0621 e. The van der Waals surface area contributed by atoms with Crippen LogP contribution < -0.4 is 0 Å². The summed E-state index contributed by atoms with van der Waals surface area (Å²) in [6.07, 6.45) is 10.2. The van der Waals surface area contributed by atoms with E-state index in [2.05, 4.69) is 34.1 Å². The summed E-state index contributed by atoms with van der Waals surface area (Å²) in [4.78, 5) is 0. The van der Waals surface area contributed by atoms with E-state index in [0.717, 1.165) is 11.8 Å². The van der Waals surface area contributed by atoms with Crippen molar-refractivity contribution in [2.24, 2.45) is 28.1 Å². The van der Waals surface area contributed by atoms with Gasteiger partial charge in [0.25, 0.3) is 0 Å². The number of rotatable bonds is 0. The summed E-state index contributed by atoms with van der Waals surface area (Å²) in [7, 11) is 0. The fourth-order valence-corrected chi connectivity index (χ4v) is 5.72. The third-order valence-corrected chi connectivity index (χ3v) is 5.99. The zero-order valence-corrected chi connectivity index (χ0v) is 10.8. The van der Waals surface area contributed by atoms with Gasteiger partial charge >= 0.3 is 0 Å². The third kappa shape index (κ3) is 1.06. The largest absolute Gasteiger partial charge is 0.117 e. The van der Waals surface area contributed by atoms with Crippen molar-refractivity contribution in [2.75, 3.05) is 0 Å². The molecule has 0 heteroatoms. The van der Waals surface area contributed by atoms with Crippen LogP contribution >= 0.6 is 0 Å². The second-order valence-electron chi connectivity index (χ2n) is 7.57. The Hall–Kier alpha value is -0.130. The SMILES string of the molecule is C[C@@H]1CCC23[CH+]C(C)(C)C[C@]2(C)CC[C@@H]13. The van der Waals surface area contributed by atoms with Gasteiger partial charge in [0.1, 0.15) is 10.8 Å². The zero-order valence-electron chi connectivity index (χ0n) is 10.8. The van der Waals surface area contributed by atoms with Crippen LogP contribution in [0.1, 0.15) is 59.8 Å². The third-order valence-electron chi connectivity index (χ3n) is 5.99. The summed E-state index contributed by atoms with van der Waals surface area (Å²) in [5, 5.41) is 0. The van der Waals surface area contributed by atoms with Crippen molar-refractivity contribution < 1.29 is 0 Å². The van der Waals surface area contributed by atoms with E-state index in [1.54, 1.807) is 0 Å². The van der Waals surface area contributed by atoms with Crippen molar-refractivity contribution in [1.82, 2.24) is 0 Å². The molecular formula is C15H25+. The van der Waals surface area contributed by atoms with Gasteiger partial charge in [0, 0.05) is 17.8 Å². The average Bonchev–Trinajstić information content (AvgIpc) is 2.57. The first kappa shape index (κ1) is 10.1. The van der Waals surface area contributed by atoms with Crippen LogP contribution in [0.25, 0.3) is 0 Å². The molecule has 4 atom stereocenters. The Labute approximate surface area is 94.8 Å². The van der Waals surface area contributed by atoms with Crippen molar-refractivity contribution in [3.05, 3.63) is 6.42 Å². The molecule has 0 bridgehead atoms. The highest BCUT2D eigenvalue weighted by atomic mass is 14.7. The normalized spacial score (nSPS) is 56.3. The molecule has 0 N–H and O–H groups in total. The van der Waals surface area contributed by atoms with Gasteiger partial charge < -0.3 is 0 Å². The maximum Gasteiger partial charge on any atom is 0.117 e. The molecule has 3 fully saturated rings. The van der Waals surface area contributed by atoms with Gasteiger partial charge in [-0.2, -0.15) is 0 Å². The van der Waals surface area contributed by atoms with Crippen LogP contribution in [0.4, 0.5) is 0 Å². The minimum absolute atomic E-state index is 0.497. The van der Waals surface area contributed by atoms with Crippen molar-refractivity contribution in [3.63, 3.8) is 0 Å². The van der Waals surface area contributed by atoms with Crippen LogP contribution in [0.5, 0.6) is 0 Å². The summed E-state index contributed by atoms with van der Waals surface area (Å²) >= 11 is 0. The highest BCUT2D eigenvalue weighted by Gasteiger charge is 2.73. The van der Waals surface area contributed by atoms with Crippen LogP contribution in [0.15, 0.2) is 0 Å². The molecule has 3 rings (SSSR count). The molecule has 0 aromatic heterocycles. The van der Waals surface area contributed by atoms with Gasteiger partial charge in [-0.1, -0.05) is 13.8 Å². The lowest BCUT2D eigenvalue weighted by Crippen LogP contribution is -2.32. The van der Waals surface area contributed by atoms with Gasteiger partial charge in [0.15, 0.2) is 0 Å². The van der Waals surface area contributed by atoms with Crippen molar-refractivity contribution >= 4 is 0 Å². The van der Waals surface area contributed by atoms with Gasteiger partial charge in [-0.3, -0.25) is 0 Å². The van der Waals surface area contributed by atoms with E-state index in [9.17, 15) is 0 Å². The minimum atomic E-state index is 0.497. The van der Waals surface area contributed by atoms with Gasteiger partial charge in [-0.15, -0.1) is 0 Å². The molecule has 15 heavy (non-hydrogen) atoms. The van der Waals surface area contributed by atoms with Crippen LogP contribution in [-0.2, 0) is 0 Å². The molecule has 3 aliphatic carbocycles. The second-order valence-corrected chi connectivity index (χ2v) is 7.57. The highest BCUT2D eigenvalue weighted by Crippen LogP contribution is 2.75. The maximum atomic E-state index is 2.78. The lowest BCUT2D eigenvalue weighted by atomic mass is 9.66. The molecule has 84 valence electrons. The molecule has 0 saturated heterocycles. The Morgan fingerprint density at radius 2 is 1.80 bits per heavy atom. The van der Waals surface area contributed by atoms with Crippen molar-refractivity contribution in [2.45, 2.75) is 59.8 Å².